The Labute approximate surface area is 101 Å². The molecule has 0 aliphatic heterocycles. The number of carbonyl (C=O) groups excluding carboxylic acids is 1. The topological polar surface area (TPSA) is 22.0 Å². The molecule has 2 aromatic rings. The number of hydrogen-bond acceptors (Lipinski definition) is 1. The largest absolute Gasteiger partial charge is 0.344 e. The van der Waals surface area contributed by atoms with Crippen LogP contribution >= 0.6 is 15.9 Å². The number of aromatic nitrogens is 1. The van der Waals surface area contributed by atoms with E-state index in [9.17, 15) is 9.18 Å². The van der Waals surface area contributed by atoms with Crippen molar-refractivity contribution in [2.24, 2.45) is 0 Å². The van der Waals surface area contributed by atoms with Crippen molar-refractivity contribution in [3.05, 3.63) is 34.4 Å². The lowest BCUT2D eigenvalue weighted by atomic mass is 10.1. The zero-order valence-corrected chi connectivity index (χ0v) is 10.4. The molecule has 0 bridgehead atoms. The Bertz CT molecular complexity index is 547. The predicted molar refractivity (Wildman–Crippen MR) is 65.6 cm³/mol. The molecule has 16 heavy (non-hydrogen) atoms. The molecule has 0 saturated carbocycles. The molecule has 0 aliphatic carbocycles. The molecule has 0 aliphatic rings. The summed E-state index contributed by atoms with van der Waals surface area (Å²) in [6.45, 7) is 1.37. The van der Waals surface area contributed by atoms with Crippen LogP contribution in [0.4, 0.5) is 4.39 Å². The standard InChI is InChI=1S/C12H11BrFNO/c1-8(16)11-7-15(5-4-14)12-3-2-9(13)6-10(11)12/h2-3,6-7H,4-5H2,1H3. The van der Waals surface area contributed by atoms with Crippen LogP contribution in [-0.4, -0.2) is 17.0 Å². The lowest BCUT2D eigenvalue weighted by Crippen LogP contribution is -1.97. The summed E-state index contributed by atoms with van der Waals surface area (Å²) < 4.78 is 15.1. The van der Waals surface area contributed by atoms with E-state index in [1.165, 1.54) is 6.92 Å². The summed E-state index contributed by atoms with van der Waals surface area (Å²) in [5.74, 6) is 0.000656. The van der Waals surface area contributed by atoms with E-state index in [1.54, 1.807) is 10.8 Å². The molecule has 4 heteroatoms. The molecule has 0 unspecified atom stereocenters. The van der Waals surface area contributed by atoms with Gasteiger partial charge in [0.15, 0.2) is 5.78 Å². The third kappa shape index (κ3) is 1.89. The fourth-order valence-electron chi connectivity index (χ4n) is 1.83. The summed E-state index contributed by atoms with van der Waals surface area (Å²) >= 11 is 3.37. The number of aryl methyl sites for hydroxylation is 1. The number of rotatable bonds is 3. The van der Waals surface area contributed by atoms with Crippen LogP contribution in [0, 0.1) is 0 Å². The van der Waals surface area contributed by atoms with Gasteiger partial charge in [-0.25, -0.2) is 4.39 Å². The highest BCUT2D eigenvalue weighted by Crippen LogP contribution is 2.25. The zero-order valence-electron chi connectivity index (χ0n) is 8.84. The van der Waals surface area contributed by atoms with Gasteiger partial charge in [-0.05, 0) is 25.1 Å². The Morgan fingerprint density at radius 3 is 2.88 bits per heavy atom. The van der Waals surface area contributed by atoms with Crippen LogP contribution in [0.1, 0.15) is 17.3 Å². The Balaban J connectivity index is 2.71. The van der Waals surface area contributed by atoms with Crippen LogP contribution in [0.5, 0.6) is 0 Å². The van der Waals surface area contributed by atoms with E-state index in [0.29, 0.717) is 5.56 Å². The van der Waals surface area contributed by atoms with Crippen molar-refractivity contribution in [1.82, 2.24) is 4.57 Å². The average molecular weight is 284 g/mol. The van der Waals surface area contributed by atoms with Crippen molar-refractivity contribution < 1.29 is 9.18 Å². The molecule has 0 atom stereocenters. The molecular formula is C12H11BrFNO. The molecule has 1 aromatic carbocycles. The van der Waals surface area contributed by atoms with E-state index < -0.39 is 6.67 Å². The van der Waals surface area contributed by atoms with Crippen LogP contribution in [0.2, 0.25) is 0 Å². The van der Waals surface area contributed by atoms with Gasteiger partial charge in [0.1, 0.15) is 6.67 Å². The van der Waals surface area contributed by atoms with Crippen molar-refractivity contribution in [3.63, 3.8) is 0 Å². The smallest absolute Gasteiger partial charge is 0.161 e. The lowest BCUT2D eigenvalue weighted by Gasteiger charge is -2.00. The van der Waals surface area contributed by atoms with E-state index in [2.05, 4.69) is 15.9 Å². The Morgan fingerprint density at radius 2 is 2.25 bits per heavy atom. The van der Waals surface area contributed by atoms with Gasteiger partial charge in [-0.1, -0.05) is 15.9 Å². The van der Waals surface area contributed by atoms with E-state index in [4.69, 9.17) is 0 Å². The highest BCUT2D eigenvalue weighted by molar-refractivity contribution is 9.10. The van der Waals surface area contributed by atoms with Crippen LogP contribution in [-0.2, 0) is 6.54 Å². The van der Waals surface area contributed by atoms with Gasteiger partial charge in [-0.2, -0.15) is 0 Å². The van der Waals surface area contributed by atoms with E-state index in [-0.39, 0.29) is 12.3 Å². The summed E-state index contributed by atoms with van der Waals surface area (Å²) in [4.78, 5) is 11.5. The highest BCUT2D eigenvalue weighted by atomic mass is 79.9. The predicted octanol–water partition coefficient (Wildman–Crippen LogP) is 3.58. The molecule has 0 amide bonds. The fraction of sp³-hybridized carbons (Fsp3) is 0.250. The Hall–Kier alpha value is -1.16. The molecule has 0 spiro atoms. The molecule has 1 aromatic heterocycles. The van der Waals surface area contributed by atoms with Crippen LogP contribution in [0.3, 0.4) is 0 Å². The van der Waals surface area contributed by atoms with Gasteiger partial charge >= 0.3 is 0 Å². The van der Waals surface area contributed by atoms with Gasteiger partial charge in [-0.15, -0.1) is 0 Å². The number of benzene rings is 1. The van der Waals surface area contributed by atoms with Crippen molar-refractivity contribution >= 4 is 32.6 Å². The zero-order chi connectivity index (χ0) is 11.7. The van der Waals surface area contributed by atoms with E-state index in [1.807, 2.05) is 18.2 Å². The summed E-state index contributed by atoms with van der Waals surface area (Å²) in [6, 6.07) is 5.67. The summed E-state index contributed by atoms with van der Waals surface area (Å²) in [5.41, 5.74) is 1.54. The number of Topliss-reactive ketones (excluding diaryl/α,β-unsaturated/α-hetero) is 1. The average Bonchev–Trinajstić information content (AvgIpc) is 2.57. The van der Waals surface area contributed by atoms with Crippen LogP contribution in [0.25, 0.3) is 10.9 Å². The molecular weight excluding hydrogens is 273 g/mol. The first-order valence-electron chi connectivity index (χ1n) is 4.99. The number of nitrogens with zero attached hydrogens (tertiary/aromatic N) is 1. The number of halogens is 2. The summed E-state index contributed by atoms with van der Waals surface area (Å²) in [7, 11) is 0. The SMILES string of the molecule is CC(=O)c1cn(CCF)c2ccc(Br)cc12. The molecule has 0 radical (unpaired) electrons. The summed E-state index contributed by atoms with van der Waals surface area (Å²) in [5, 5.41) is 0.871. The number of carbonyl (C=O) groups is 1. The molecule has 0 fully saturated rings. The second-order valence-electron chi connectivity index (χ2n) is 3.64. The maximum atomic E-state index is 12.4. The quantitative estimate of drug-likeness (QED) is 0.790. The van der Waals surface area contributed by atoms with Crippen LogP contribution < -0.4 is 0 Å². The normalized spacial score (nSPS) is 10.9. The van der Waals surface area contributed by atoms with Crippen LogP contribution in [0.15, 0.2) is 28.9 Å². The third-order valence-electron chi connectivity index (χ3n) is 2.55. The van der Waals surface area contributed by atoms with Gasteiger partial charge < -0.3 is 4.57 Å². The van der Waals surface area contributed by atoms with Crippen molar-refractivity contribution in [2.75, 3.05) is 6.67 Å². The van der Waals surface area contributed by atoms with Gasteiger partial charge in [0.25, 0.3) is 0 Å². The molecule has 0 saturated heterocycles. The molecule has 2 rings (SSSR count). The highest BCUT2D eigenvalue weighted by Gasteiger charge is 2.11. The minimum atomic E-state index is -0.433. The number of alkyl halides is 1. The van der Waals surface area contributed by atoms with Crippen molar-refractivity contribution in [2.45, 2.75) is 13.5 Å². The maximum Gasteiger partial charge on any atom is 0.161 e. The van der Waals surface area contributed by atoms with Crippen molar-refractivity contribution in [3.8, 4) is 0 Å². The van der Waals surface area contributed by atoms with Gasteiger partial charge in [-0.3, -0.25) is 4.79 Å². The minimum absolute atomic E-state index is 0.000656. The second-order valence-corrected chi connectivity index (χ2v) is 4.56. The lowest BCUT2D eigenvalue weighted by molar-refractivity contribution is 0.101. The molecule has 1 heterocycles. The first-order chi connectivity index (χ1) is 7.63. The van der Waals surface area contributed by atoms with E-state index >= 15 is 0 Å². The molecule has 2 nitrogen and oxygen atoms in total. The number of hydrogen-bond donors (Lipinski definition) is 0. The second kappa shape index (κ2) is 4.37. The first kappa shape index (κ1) is 11.3. The minimum Gasteiger partial charge on any atom is -0.344 e. The summed E-state index contributed by atoms with van der Waals surface area (Å²) in [6.07, 6.45) is 1.72. The first-order valence-corrected chi connectivity index (χ1v) is 5.78. The van der Waals surface area contributed by atoms with E-state index in [0.717, 1.165) is 15.4 Å². The monoisotopic (exact) mass is 283 g/mol. The number of ketones is 1. The Kier molecular flexibility index (Phi) is 3.10. The van der Waals surface area contributed by atoms with Gasteiger partial charge in [0.2, 0.25) is 0 Å². The van der Waals surface area contributed by atoms with Crippen molar-refractivity contribution in [1.29, 1.82) is 0 Å². The number of fused-ring (bicyclic) bond motifs is 1. The maximum absolute atomic E-state index is 12.4. The van der Waals surface area contributed by atoms with Gasteiger partial charge in [0, 0.05) is 27.1 Å². The third-order valence-corrected chi connectivity index (χ3v) is 3.04. The van der Waals surface area contributed by atoms with Gasteiger partial charge in [0.05, 0.1) is 6.54 Å². The molecule has 0 N–H and O–H groups in total. The molecule has 84 valence electrons. The fourth-order valence-corrected chi connectivity index (χ4v) is 2.19. The Morgan fingerprint density at radius 1 is 1.50 bits per heavy atom.